The average molecular weight is 411 g/mol. The van der Waals surface area contributed by atoms with Crippen LogP contribution in [0.2, 0.25) is 0 Å². The van der Waals surface area contributed by atoms with Gasteiger partial charge in [-0.1, -0.05) is 0 Å². The Kier molecular flexibility index (Phi) is 5.77. The Morgan fingerprint density at radius 1 is 1.20 bits per heavy atom. The molecule has 2 N–H and O–H groups in total. The molecule has 160 valence electrons. The number of amides is 1. The van der Waals surface area contributed by atoms with Crippen molar-refractivity contribution in [2.24, 2.45) is 5.92 Å². The Morgan fingerprint density at radius 3 is 2.93 bits per heavy atom. The van der Waals surface area contributed by atoms with Crippen molar-refractivity contribution in [3.63, 3.8) is 0 Å². The van der Waals surface area contributed by atoms with Crippen LogP contribution in [0.3, 0.4) is 0 Å². The molecule has 5 rings (SSSR count). The van der Waals surface area contributed by atoms with E-state index in [4.69, 9.17) is 4.74 Å². The lowest BCUT2D eigenvalue weighted by Gasteiger charge is -2.39. The van der Waals surface area contributed by atoms with E-state index in [0.717, 1.165) is 69.4 Å². The molecular weight excluding hydrogens is 380 g/mol. The number of nitrogens with one attached hydrogen (secondary N) is 2. The topological polar surface area (TPSA) is 94.0 Å². The molecule has 0 spiro atoms. The van der Waals surface area contributed by atoms with Crippen LogP contribution in [0.15, 0.2) is 31.0 Å². The highest BCUT2D eigenvalue weighted by Crippen LogP contribution is 2.31. The molecule has 1 saturated heterocycles. The highest BCUT2D eigenvalue weighted by Gasteiger charge is 2.36. The van der Waals surface area contributed by atoms with Crippen LogP contribution in [-0.4, -0.2) is 57.0 Å². The van der Waals surface area contributed by atoms with Gasteiger partial charge in [0.15, 0.2) is 0 Å². The van der Waals surface area contributed by atoms with Gasteiger partial charge in [-0.05, 0) is 51.0 Å². The van der Waals surface area contributed by atoms with Crippen molar-refractivity contribution in [2.45, 2.75) is 69.2 Å². The van der Waals surface area contributed by atoms with E-state index in [-0.39, 0.29) is 17.9 Å². The van der Waals surface area contributed by atoms with Crippen molar-refractivity contribution in [3.05, 3.63) is 31.0 Å². The highest BCUT2D eigenvalue weighted by molar-refractivity contribution is 5.79. The molecule has 8 nitrogen and oxygen atoms in total. The van der Waals surface area contributed by atoms with Gasteiger partial charge in [-0.3, -0.25) is 9.48 Å². The summed E-state index contributed by atoms with van der Waals surface area (Å²) in [6.07, 6.45) is 14.4. The Bertz CT molecular complexity index is 848. The molecule has 3 fully saturated rings. The van der Waals surface area contributed by atoms with Gasteiger partial charge < -0.3 is 15.4 Å². The molecule has 1 amide bonds. The molecule has 0 aromatic carbocycles. The van der Waals surface area contributed by atoms with Crippen LogP contribution in [0.4, 0.5) is 0 Å². The first-order chi connectivity index (χ1) is 14.8. The maximum Gasteiger partial charge on any atom is 0.223 e. The summed E-state index contributed by atoms with van der Waals surface area (Å²) in [7, 11) is 0. The van der Waals surface area contributed by atoms with Gasteiger partial charge in [0.1, 0.15) is 6.33 Å². The number of carbonyl (C=O) groups excluding carboxylic acids is 1. The maximum absolute atomic E-state index is 12.8. The van der Waals surface area contributed by atoms with Gasteiger partial charge in [0.2, 0.25) is 5.91 Å². The lowest BCUT2D eigenvalue weighted by atomic mass is 9.82. The lowest BCUT2D eigenvalue weighted by molar-refractivity contribution is -0.129. The maximum atomic E-state index is 12.8. The SMILES string of the molecule is O=C(NC1CCC(n2cc(-c3ccncn3)cn2)CC1)[C@H]1CC[C@H]2OCCN[C@@H]2C1. The van der Waals surface area contributed by atoms with Crippen LogP contribution in [0.5, 0.6) is 0 Å². The lowest BCUT2D eigenvalue weighted by Crippen LogP contribution is -2.53. The minimum absolute atomic E-state index is 0.111. The van der Waals surface area contributed by atoms with E-state index in [0.29, 0.717) is 18.2 Å². The van der Waals surface area contributed by atoms with E-state index in [9.17, 15) is 4.79 Å². The number of aromatic nitrogens is 4. The Morgan fingerprint density at radius 2 is 2.10 bits per heavy atom. The van der Waals surface area contributed by atoms with Crippen molar-refractivity contribution in [2.75, 3.05) is 13.2 Å². The number of hydrogen-bond acceptors (Lipinski definition) is 6. The van der Waals surface area contributed by atoms with Gasteiger partial charge in [-0.15, -0.1) is 0 Å². The van der Waals surface area contributed by atoms with E-state index in [1.54, 1.807) is 12.5 Å². The third-order valence-corrected chi connectivity index (χ3v) is 6.89. The van der Waals surface area contributed by atoms with Crippen LogP contribution in [0, 0.1) is 5.92 Å². The summed E-state index contributed by atoms with van der Waals surface area (Å²) in [5, 5.41) is 11.4. The second-order valence-corrected chi connectivity index (χ2v) is 8.80. The van der Waals surface area contributed by atoms with E-state index in [2.05, 4.69) is 36.6 Å². The second-order valence-electron chi connectivity index (χ2n) is 8.80. The summed E-state index contributed by atoms with van der Waals surface area (Å²) in [5.41, 5.74) is 1.91. The standard InChI is InChI=1S/C22H30N6O2/c29-22(15-1-6-21-20(11-15)24-9-10-30-21)27-17-2-4-18(5-3-17)28-13-16(12-26-28)19-7-8-23-14-25-19/h7-8,12-15,17-18,20-21,24H,1-6,9-11H2,(H,27,29)/t15-,17?,18?,20+,21+/m0/s1. The van der Waals surface area contributed by atoms with Crippen LogP contribution < -0.4 is 10.6 Å². The van der Waals surface area contributed by atoms with Crippen LogP contribution in [0.1, 0.15) is 51.0 Å². The largest absolute Gasteiger partial charge is 0.375 e. The molecular formula is C22H30N6O2. The van der Waals surface area contributed by atoms with Crippen molar-refractivity contribution in [1.29, 1.82) is 0 Å². The smallest absolute Gasteiger partial charge is 0.223 e. The molecule has 8 heteroatoms. The number of carbonyl (C=O) groups is 1. The molecule has 2 aliphatic carbocycles. The molecule has 2 saturated carbocycles. The molecule has 30 heavy (non-hydrogen) atoms. The van der Waals surface area contributed by atoms with Crippen molar-refractivity contribution >= 4 is 5.91 Å². The van der Waals surface area contributed by atoms with Crippen LogP contribution in [-0.2, 0) is 9.53 Å². The zero-order valence-corrected chi connectivity index (χ0v) is 17.2. The molecule has 2 aromatic heterocycles. The van der Waals surface area contributed by atoms with Gasteiger partial charge in [-0.25, -0.2) is 9.97 Å². The summed E-state index contributed by atoms with van der Waals surface area (Å²) < 4.78 is 7.90. The predicted molar refractivity (Wildman–Crippen MR) is 112 cm³/mol. The molecule has 3 atom stereocenters. The van der Waals surface area contributed by atoms with Gasteiger partial charge >= 0.3 is 0 Å². The first-order valence-corrected chi connectivity index (χ1v) is 11.2. The molecule has 3 heterocycles. The van der Waals surface area contributed by atoms with Gasteiger partial charge in [-0.2, -0.15) is 5.10 Å². The van der Waals surface area contributed by atoms with E-state index >= 15 is 0 Å². The third-order valence-electron chi connectivity index (χ3n) is 6.89. The predicted octanol–water partition coefficient (Wildman–Crippen LogP) is 2.10. The molecule has 0 radical (unpaired) electrons. The normalized spacial score (nSPS) is 31.7. The van der Waals surface area contributed by atoms with Crippen molar-refractivity contribution in [1.82, 2.24) is 30.4 Å². The Labute approximate surface area is 176 Å². The number of morpholine rings is 1. The van der Waals surface area contributed by atoms with E-state index in [1.807, 2.05) is 12.3 Å². The van der Waals surface area contributed by atoms with Crippen LogP contribution >= 0.6 is 0 Å². The van der Waals surface area contributed by atoms with Crippen LogP contribution in [0.25, 0.3) is 11.3 Å². The summed E-state index contributed by atoms with van der Waals surface area (Å²) in [6.45, 7) is 1.68. The minimum atomic E-state index is 0.111. The van der Waals surface area contributed by atoms with E-state index < -0.39 is 0 Å². The molecule has 0 unspecified atom stereocenters. The van der Waals surface area contributed by atoms with Crippen molar-refractivity contribution < 1.29 is 9.53 Å². The summed E-state index contributed by atoms with van der Waals surface area (Å²) >= 11 is 0. The highest BCUT2D eigenvalue weighted by atomic mass is 16.5. The molecule has 0 bridgehead atoms. The van der Waals surface area contributed by atoms with Gasteiger partial charge in [0.05, 0.1) is 30.6 Å². The van der Waals surface area contributed by atoms with Gasteiger partial charge in [0, 0.05) is 42.5 Å². The van der Waals surface area contributed by atoms with Crippen molar-refractivity contribution in [3.8, 4) is 11.3 Å². The summed E-state index contributed by atoms with van der Waals surface area (Å²) in [4.78, 5) is 21.1. The first kappa shape index (κ1) is 19.6. The average Bonchev–Trinajstić information content (AvgIpc) is 3.30. The Hall–Kier alpha value is -2.32. The number of ether oxygens (including phenoxy) is 1. The van der Waals surface area contributed by atoms with Gasteiger partial charge in [0.25, 0.3) is 0 Å². The molecule has 1 aliphatic heterocycles. The zero-order chi connectivity index (χ0) is 20.3. The quantitative estimate of drug-likeness (QED) is 0.802. The fraction of sp³-hybridized carbons (Fsp3) is 0.636. The Balaban J connectivity index is 1.11. The number of nitrogens with zero attached hydrogens (tertiary/aromatic N) is 4. The van der Waals surface area contributed by atoms with E-state index in [1.165, 1.54) is 0 Å². The monoisotopic (exact) mass is 410 g/mol. The minimum Gasteiger partial charge on any atom is -0.375 e. The zero-order valence-electron chi connectivity index (χ0n) is 17.2. The number of rotatable bonds is 4. The molecule has 2 aromatic rings. The number of fused-ring (bicyclic) bond motifs is 1. The third kappa shape index (κ3) is 4.25. The fourth-order valence-corrected chi connectivity index (χ4v) is 5.18. The summed E-state index contributed by atoms with van der Waals surface area (Å²) in [6, 6.07) is 2.89. The number of hydrogen-bond donors (Lipinski definition) is 2. The second kappa shape index (κ2) is 8.81. The first-order valence-electron chi connectivity index (χ1n) is 11.2. The summed E-state index contributed by atoms with van der Waals surface area (Å²) in [5.74, 6) is 0.342. The fourth-order valence-electron chi connectivity index (χ4n) is 5.18. The molecule has 3 aliphatic rings.